The van der Waals surface area contributed by atoms with Gasteiger partial charge in [-0.05, 0) is 72.6 Å². The predicted molar refractivity (Wildman–Crippen MR) is 129 cm³/mol. The molecule has 2 fully saturated rings. The van der Waals surface area contributed by atoms with Crippen LogP contribution < -0.4 is 5.32 Å². The van der Waals surface area contributed by atoms with Crippen molar-refractivity contribution in [1.82, 2.24) is 20.0 Å². The molecule has 1 unspecified atom stereocenters. The van der Waals surface area contributed by atoms with Crippen LogP contribution in [0.1, 0.15) is 29.5 Å². The summed E-state index contributed by atoms with van der Waals surface area (Å²) in [4.78, 5) is 27.1. The van der Waals surface area contributed by atoms with Crippen LogP contribution in [0, 0.1) is 0 Å². The molecule has 0 saturated carbocycles. The second-order valence-corrected chi connectivity index (χ2v) is 9.90. The van der Waals surface area contributed by atoms with Gasteiger partial charge in [0.15, 0.2) is 0 Å². The van der Waals surface area contributed by atoms with E-state index < -0.39 is 11.7 Å². The molecule has 35 heavy (non-hydrogen) atoms. The van der Waals surface area contributed by atoms with Gasteiger partial charge >= 0.3 is 6.18 Å². The van der Waals surface area contributed by atoms with Crippen LogP contribution in [0.4, 0.5) is 18.0 Å². The number of imide groups is 1. The molecular weight excluding hydrogens is 501 g/mol. The molecule has 11 heteroatoms. The van der Waals surface area contributed by atoms with E-state index in [-0.39, 0.29) is 34.3 Å². The van der Waals surface area contributed by atoms with Crippen molar-refractivity contribution < 1.29 is 22.8 Å². The maximum absolute atomic E-state index is 13.5. The Hall–Kier alpha value is -2.82. The summed E-state index contributed by atoms with van der Waals surface area (Å²) >= 11 is 6.70. The summed E-state index contributed by atoms with van der Waals surface area (Å²) in [5.74, 6) is -0.299. The van der Waals surface area contributed by atoms with Crippen LogP contribution in [0.2, 0.25) is 5.02 Å². The third-order valence-corrected chi connectivity index (χ3v) is 7.24. The fourth-order valence-corrected chi connectivity index (χ4v) is 5.50. The Labute approximate surface area is 208 Å². The zero-order chi connectivity index (χ0) is 24.7. The Kier molecular flexibility index (Phi) is 6.37. The average molecular weight is 521 g/mol. The van der Waals surface area contributed by atoms with E-state index in [4.69, 9.17) is 11.6 Å². The van der Waals surface area contributed by atoms with E-state index in [0.717, 1.165) is 37.2 Å². The molecule has 3 heterocycles. The van der Waals surface area contributed by atoms with Crippen LogP contribution in [-0.2, 0) is 17.5 Å². The van der Waals surface area contributed by atoms with Crippen LogP contribution in [0.15, 0.2) is 47.5 Å². The number of hydrogen-bond donors (Lipinski definition) is 1. The third kappa shape index (κ3) is 4.82. The highest BCUT2D eigenvalue weighted by Crippen LogP contribution is 2.36. The van der Waals surface area contributed by atoms with Crippen LogP contribution >= 0.6 is 23.4 Å². The standard InChI is InChI=1S/C24H20ClF3N4O2S/c25-17-5-4-15(19(10-17)24(26,27)28)13-31-20-6-3-14(8-16(20)11-30-31)9-21-22(33)32(23(34)35-21)18-2-1-7-29-12-18/h3-6,8-11,18,29H,1-2,7,12-13H2/b21-9-. The van der Waals surface area contributed by atoms with Gasteiger partial charge in [0.25, 0.3) is 11.1 Å². The second-order valence-electron chi connectivity index (χ2n) is 8.47. The van der Waals surface area contributed by atoms with Gasteiger partial charge < -0.3 is 5.32 Å². The van der Waals surface area contributed by atoms with Crippen molar-refractivity contribution in [2.24, 2.45) is 0 Å². The van der Waals surface area contributed by atoms with Crippen molar-refractivity contribution >= 4 is 51.5 Å². The van der Waals surface area contributed by atoms with Crippen molar-refractivity contribution in [2.75, 3.05) is 13.1 Å². The minimum absolute atomic E-state index is 0.0141. The van der Waals surface area contributed by atoms with E-state index in [9.17, 15) is 22.8 Å². The molecule has 6 nitrogen and oxygen atoms in total. The number of aromatic nitrogens is 2. The molecule has 2 amide bonds. The summed E-state index contributed by atoms with van der Waals surface area (Å²) < 4.78 is 41.9. The molecule has 1 atom stereocenters. The van der Waals surface area contributed by atoms with Gasteiger partial charge in [-0.25, -0.2) is 0 Å². The zero-order valence-electron chi connectivity index (χ0n) is 18.3. The van der Waals surface area contributed by atoms with Gasteiger partial charge in [0.2, 0.25) is 0 Å². The van der Waals surface area contributed by atoms with Crippen molar-refractivity contribution in [1.29, 1.82) is 0 Å². The van der Waals surface area contributed by atoms with E-state index in [0.29, 0.717) is 27.9 Å². The number of carbonyl (C=O) groups excluding carboxylic acids is 2. The molecule has 1 N–H and O–H groups in total. The first-order chi connectivity index (χ1) is 16.7. The van der Waals surface area contributed by atoms with Gasteiger partial charge in [-0.15, -0.1) is 0 Å². The second kappa shape index (κ2) is 9.33. The Morgan fingerprint density at radius 1 is 1.20 bits per heavy atom. The number of piperidine rings is 1. The molecular formula is C24H20ClF3N4O2S. The third-order valence-electron chi connectivity index (χ3n) is 6.12. The number of nitrogens with zero attached hydrogens (tertiary/aromatic N) is 3. The maximum Gasteiger partial charge on any atom is 0.416 e. The van der Waals surface area contributed by atoms with E-state index in [1.807, 2.05) is 0 Å². The Balaban J connectivity index is 1.40. The molecule has 182 valence electrons. The predicted octanol–water partition coefficient (Wildman–Crippen LogP) is 5.55. The summed E-state index contributed by atoms with van der Waals surface area (Å²) in [5, 5.41) is 7.93. The molecule has 3 aromatic rings. The lowest BCUT2D eigenvalue weighted by Gasteiger charge is -2.29. The van der Waals surface area contributed by atoms with Gasteiger partial charge in [0.05, 0.1) is 34.8 Å². The minimum atomic E-state index is -4.53. The highest BCUT2D eigenvalue weighted by molar-refractivity contribution is 8.18. The van der Waals surface area contributed by atoms with E-state index >= 15 is 0 Å². The topological polar surface area (TPSA) is 67.2 Å². The van der Waals surface area contributed by atoms with E-state index in [2.05, 4.69) is 10.4 Å². The van der Waals surface area contributed by atoms with Crippen LogP contribution in [0.3, 0.4) is 0 Å². The number of fused-ring (bicyclic) bond motifs is 1. The van der Waals surface area contributed by atoms with Crippen molar-refractivity contribution in [3.63, 3.8) is 0 Å². The first-order valence-electron chi connectivity index (χ1n) is 11.0. The molecule has 2 saturated heterocycles. The molecule has 1 aromatic heterocycles. The molecule has 0 bridgehead atoms. The summed E-state index contributed by atoms with van der Waals surface area (Å²) in [6.45, 7) is 1.40. The Morgan fingerprint density at radius 3 is 2.77 bits per heavy atom. The summed E-state index contributed by atoms with van der Waals surface area (Å²) in [7, 11) is 0. The quantitative estimate of drug-likeness (QED) is 0.457. The summed E-state index contributed by atoms with van der Waals surface area (Å²) in [6, 6.07) is 8.84. The lowest BCUT2D eigenvalue weighted by atomic mass is 10.1. The number of carbonyl (C=O) groups is 2. The fourth-order valence-electron chi connectivity index (χ4n) is 4.43. The maximum atomic E-state index is 13.5. The van der Waals surface area contributed by atoms with Crippen LogP contribution in [0.5, 0.6) is 0 Å². The normalized spacial score (nSPS) is 20.4. The Morgan fingerprint density at radius 2 is 2.03 bits per heavy atom. The monoisotopic (exact) mass is 520 g/mol. The molecule has 0 spiro atoms. The van der Waals surface area contributed by atoms with Gasteiger partial charge in [-0.3, -0.25) is 19.2 Å². The fraction of sp³-hybridized carbons (Fsp3) is 0.292. The highest BCUT2D eigenvalue weighted by Gasteiger charge is 2.40. The van der Waals surface area contributed by atoms with Crippen molar-refractivity contribution in [2.45, 2.75) is 31.6 Å². The number of thioether (sulfide) groups is 1. The zero-order valence-corrected chi connectivity index (χ0v) is 19.9. The van der Waals surface area contributed by atoms with Gasteiger partial charge in [0, 0.05) is 17.0 Å². The van der Waals surface area contributed by atoms with Gasteiger partial charge in [0.1, 0.15) is 0 Å². The number of nitrogens with one attached hydrogen (secondary N) is 1. The number of benzene rings is 2. The molecule has 2 aliphatic rings. The first kappa shape index (κ1) is 23.9. The number of hydrogen-bond acceptors (Lipinski definition) is 5. The average Bonchev–Trinajstić information content (AvgIpc) is 3.34. The summed E-state index contributed by atoms with van der Waals surface area (Å²) in [6.07, 6.45) is 0.390. The van der Waals surface area contributed by atoms with Gasteiger partial charge in [-0.1, -0.05) is 23.7 Å². The van der Waals surface area contributed by atoms with E-state index in [1.165, 1.54) is 21.7 Å². The van der Waals surface area contributed by atoms with Crippen LogP contribution in [-0.4, -0.2) is 45.0 Å². The highest BCUT2D eigenvalue weighted by atomic mass is 35.5. The largest absolute Gasteiger partial charge is 0.416 e. The SMILES string of the molecule is O=C1S/C(=C\c2ccc3c(cnn3Cc3ccc(Cl)cc3C(F)(F)F)c2)C(=O)N1C1CCCNC1. The lowest BCUT2D eigenvalue weighted by molar-refractivity contribution is -0.138. The number of alkyl halides is 3. The van der Waals surface area contributed by atoms with Crippen LogP contribution in [0.25, 0.3) is 17.0 Å². The molecule has 2 aliphatic heterocycles. The molecule has 2 aromatic carbocycles. The van der Waals surface area contributed by atoms with Crippen molar-refractivity contribution in [3.8, 4) is 0 Å². The number of amides is 2. The van der Waals surface area contributed by atoms with Gasteiger partial charge in [-0.2, -0.15) is 18.3 Å². The molecule has 0 radical (unpaired) electrons. The van der Waals surface area contributed by atoms with Crippen molar-refractivity contribution in [3.05, 3.63) is 69.2 Å². The number of rotatable bonds is 4. The van der Waals surface area contributed by atoms with E-state index in [1.54, 1.807) is 30.5 Å². The summed E-state index contributed by atoms with van der Waals surface area (Å²) in [5.41, 5.74) is 0.606. The molecule has 5 rings (SSSR count). The lowest BCUT2D eigenvalue weighted by Crippen LogP contribution is -2.47. The Bertz CT molecular complexity index is 1350. The minimum Gasteiger partial charge on any atom is -0.315 e. The smallest absolute Gasteiger partial charge is 0.315 e. The molecule has 0 aliphatic carbocycles. The number of halogens is 4. The first-order valence-corrected chi connectivity index (χ1v) is 12.2.